The van der Waals surface area contributed by atoms with Crippen molar-refractivity contribution in [2.45, 2.75) is 6.92 Å². The van der Waals surface area contributed by atoms with Crippen molar-refractivity contribution in [3.05, 3.63) is 30.3 Å². The molecule has 1 rings (SSSR count). The van der Waals surface area contributed by atoms with Crippen LogP contribution in [-0.2, 0) is 0 Å². The topological polar surface area (TPSA) is 39.5 Å². The van der Waals surface area contributed by atoms with Crippen molar-refractivity contribution in [1.82, 2.24) is 0 Å². The van der Waals surface area contributed by atoms with Crippen LogP contribution in [0.1, 0.15) is 6.92 Å². The van der Waals surface area contributed by atoms with E-state index >= 15 is 0 Å². The molecule has 0 aliphatic rings. The molecular formula is C9H11N3. The lowest BCUT2D eigenvalue weighted by atomic mass is 10.3. The predicted octanol–water partition coefficient (Wildman–Crippen LogP) is 2.11. The van der Waals surface area contributed by atoms with Crippen molar-refractivity contribution in [2.24, 2.45) is 5.10 Å². The molecule has 62 valence electrons. The second-order valence-corrected chi connectivity index (χ2v) is 2.37. The highest BCUT2D eigenvalue weighted by Gasteiger charge is 2.03. The minimum absolute atomic E-state index is 0.358. The number of benzene rings is 1. The highest BCUT2D eigenvalue weighted by atomic mass is 15.5. The maximum absolute atomic E-state index is 7.38. The average molecular weight is 161 g/mol. The van der Waals surface area contributed by atoms with Gasteiger partial charge in [-0.2, -0.15) is 5.10 Å². The maximum atomic E-state index is 7.38. The van der Waals surface area contributed by atoms with Gasteiger partial charge in [0.15, 0.2) is 0 Å². The van der Waals surface area contributed by atoms with Crippen molar-refractivity contribution in [3.8, 4) is 0 Å². The summed E-state index contributed by atoms with van der Waals surface area (Å²) < 4.78 is 0. The van der Waals surface area contributed by atoms with Crippen molar-refractivity contribution in [1.29, 1.82) is 5.41 Å². The Bertz CT molecular complexity index is 279. The smallest absolute Gasteiger partial charge is 0.119 e. The highest BCUT2D eigenvalue weighted by molar-refractivity contribution is 5.93. The van der Waals surface area contributed by atoms with Crippen LogP contribution in [0.2, 0.25) is 0 Å². The normalized spacial score (nSPS) is 9.08. The monoisotopic (exact) mass is 161 g/mol. The average Bonchev–Trinajstić information content (AvgIpc) is 2.07. The van der Waals surface area contributed by atoms with Gasteiger partial charge in [0.05, 0.1) is 5.69 Å². The van der Waals surface area contributed by atoms with E-state index in [0.29, 0.717) is 5.84 Å². The van der Waals surface area contributed by atoms with Crippen molar-refractivity contribution >= 4 is 18.2 Å². The van der Waals surface area contributed by atoms with Crippen LogP contribution in [0.25, 0.3) is 0 Å². The van der Waals surface area contributed by atoms with Crippen molar-refractivity contribution < 1.29 is 0 Å². The van der Waals surface area contributed by atoms with Gasteiger partial charge in [-0.1, -0.05) is 18.2 Å². The fraction of sp³-hybridized carbons (Fsp3) is 0.111. The number of nitrogens with one attached hydrogen (secondary N) is 1. The summed E-state index contributed by atoms with van der Waals surface area (Å²) in [5.41, 5.74) is 0.861. The Morgan fingerprint density at radius 3 is 2.42 bits per heavy atom. The first kappa shape index (κ1) is 8.46. The molecule has 0 aromatic heterocycles. The third-order valence-electron chi connectivity index (χ3n) is 1.46. The summed E-state index contributed by atoms with van der Waals surface area (Å²) >= 11 is 0. The molecular weight excluding hydrogens is 150 g/mol. The van der Waals surface area contributed by atoms with Gasteiger partial charge in [-0.05, 0) is 19.1 Å². The van der Waals surface area contributed by atoms with Crippen molar-refractivity contribution in [2.75, 3.05) is 5.01 Å². The molecule has 0 fully saturated rings. The van der Waals surface area contributed by atoms with E-state index in [4.69, 9.17) is 5.41 Å². The number of para-hydroxylation sites is 1. The van der Waals surface area contributed by atoms with E-state index in [1.807, 2.05) is 30.3 Å². The Morgan fingerprint density at radius 2 is 2.00 bits per heavy atom. The number of nitrogens with zero attached hydrogens (tertiary/aromatic N) is 2. The zero-order valence-electron chi connectivity index (χ0n) is 6.99. The molecule has 0 saturated carbocycles. The molecule has 0 aliphatic carbocycles. The summed E-state index contributed by atoms with van der Waals surface area (Å²) in [5.74, 6) is 0.358. The Balaban J connectivity index is 2.95. The van der Waals surface area contributed by atoms with E-state index < -0.39 is 0 Å². The summed E-state index contributed by atoms with van der Waals surface area (Å²) in [5, 5.41) is 12.6. The standard InChI is InChI=1S/C9H11N3/c1-8(10)12(11-2)9-6-4-3-5-7-9/h3-7,10H,2H2,1H3. The SMILES string of the molecule is C=NN(C(C)=N)c1ccccc1. The summed E-state index contributed by atoms with van der Waals surface area (Å²) in [4.78, 5) is 0. The minimum atomic E-state index is 0.358. The van der Waals surface area contributed by atoms with Crippen LogP contribution in [0.3, 0.4) is 0 Å². The van der Waals surface area contributed by atoms with E-state index in [0.717, 1.165) is 5.69 Å². The van der Waals surface area contributed by atoms with Crippen LogP contribution in [0.5, 0.6) is 0 Å². The second kappa shape index (κ2) is 3.67. The van der Waals surface area contributed by atoms with Crippen LogP contribution in [0.4, 0.5) is 5.69 Å². The third kappa shape index (κ3) is 1.69. The number of hydrazone groups is 1. The Hall–Kier alpha value is -1.64. The van der Waals surface area contributed by atoms with E-state index in [1.54, 1.807) is 6.92 Å². The molecule has 0 aliphatic heterocycles. The molecule has 12 heavy (non-hydrogen) atoms. The van der Waals surface area contributed by atoms with Crippen LogP contribution in [-0.4, -0.2) is 12.6 Å². The van der Waals surface area contributed by atoms with E-state index in [1.165, 1.54) is 5.01 Å². The molecule has 0 atom stereocenters. The van der Waals surface area contributed by atoms with Gasteiger partial charge in [-0.25, -0.2) is 5.01 Å². The van der Waals surface area contributed by atoms with Gasteiger partial charge in [0, 0.05) is 6.72 Å². The summed E-state index contributed by atoms with van der Waals surface area (Å²) in [6.07, 6.45) is 0. The van der Waals surface area contributed by atoms with E-state index in [-0.39, 0.29) is 0 Å². The Labute approximate surface area is 71.8 Å². The Morgan fingerprint density at radius 1 is 1.42 bits per heavy atom. The van der Waals surface area contributed by atoms with Gasteiger partial charge in [-0.15, -0.1) is 0 Å². The van der Waals surface area contributed by atoms with Crippen LogP contribution >= 0.6 is 0 Å². The van der Waals surface area contributed by atoms with Crippen LogP contribution < -0.4 is 5.01 Å². The number of hydrogen-bond donors (Lipinski definition) is 1. The molecule has 0 unspecified atom stereocenters. The highest BCUT2D eigenvalue weighted by Crippen LogP contribution is 2.12. The fourth-order valence-corrected chi connectivity index (χ4v) is 0.951. The zero-order chi connectivity index (χ0) is 8.97. The molecule has 3 nitrogen and oxygen atoms in total. The number of amidine groups is 1. The van der Waals surface area contributed by atoms with Gasteiger partial charge in [0.25, 0.3) is 0 Å². The van der Waals surface area contributed by atoms with Gasteiger partial charge >= 0.3 is 0 Å². The molecule has 1 aromatic rings. The Kier molecular flexibility index (Phi) is 2.58. The van der Waals surface area contributed by atoms with Gasteiger partial charge in [0.1, 0.15) is 5.84 Å². The lowest BCUT2D eigenvalue weighted by Gasteiger charge is -2.15. The number of anilines is 1. The molecule has 0 amide bonds. The fourth-order valence-electron chi connectivity index (χ4n) is 0.951. The lowest BCUT2D eigenvalue weighted by Crippen LogP contribution is -2.20. The molecule has 1 aromatic carbocycles. The summed E-state index contributed by atoms with van der Waals surface area (Å²) in [6, 6.07) is 9.48. The van der Waals surface area contributed by atoms with Gasteiger partial charge < -0.3 is 0 Å². The molecule has 0 saturated heterocycles. The van der Waals surface area contributed by atoms with Crippen LogP contribution in [0.15, 0.2) is 35.4 Å². The molecule has 0 heterocycles. The van der Waals surface area contributed by atoms with Crippen LogP contribution in [0, 0.1) is 5.41 Å². The second-order valence-electron chi connectivity index (χ2n) is 2.37. The quantitative estimate of drug-likeness (QED) is 0.402. The summed E-state index contributed by atoms with van der Waals surface area (Å²) in [7, 11) is 0. The third-order valence-corrected chi connectivity index (χ3v) is 1.46. The van der Waals surface area contributed by atoms with Gasteiger partial charge in [-0.3, -0.25) is 5.41 Å². The first-order valence-corrected chi connectivity index (χ1v) is 3.62. The van der Waals surface area contributed by atoms with E-state index in [9.17, 15) is 0 Å². The molecule has 0 spiro atoms. The molecule has 3 heteroatoms. The largest absolute Gasteiger partial charge is 0.287 e. The first-order chi connectivity index (χ1) is 5.75. The lowest BCUT2D eigenvalue weighted by molar-refractivity contribution is 1.11. The number of rotatable bonds is 2. The first-order valence-electron chi connectivity index (χ1n) is 3.62. The molecule has 0 bridgehead atoms. The van der Waals surface area contributed by atoms with E-state index in [2.05, 4.69) is 11.8 Å². The molecule has 0 radical (unpaired) electrons. The van der Waals surface area contributed by atoms with Gasteiger partial charge in [0.2, 0.25) is 0 Å². The molecule has 1 N–H and O–H groups in total. The maximum Gasteiger partial charge on any atom is 0.119 e. The predicted molar refractivity (Wildman–Crippen MR) is 51.9 cm³/mol. The zero-order valence-corrected chi connectivity index (χ0v) is 6.99. The number of hydrogen-bond acceptors (Lipinski definition) is 2. The van der Waals surface area contributed by atoms with Crippen molar-refractivity contribution in [3.63, 3.8) is 0 Å². The minimum Gasteiger partial charge on any atom is -0.287 e. The summed E-state index contributed by atoms with van der Waals surface area (Å²) in [6.45, 7) is 5.06.